The number of carbonyl (C=O) groups excluding carboxylic acids is 1. The molecular weight excluding hydrogens is 240 g/mol. The Morgan fingerprint density at radius 3 is 2.53 bits per heavy atom. The molecule has 0 bridgehead atoms. The van der Waals surface area contributed by atoms with Crippen LogP contribution in [0.3, 0.4) is 0 Å². The standard InChI is InChI=1S/C14H24N4O/c1-3-11-12(15)13(17-16-11)14(19)18(2)10-8-6-4-5-7-9-10/h10H,3-9,15H2,1-2H3,(H,16,17). The van der Waals surface area contributed by atoms with Crippen LogP contribution in [-0.4, -0.2) is 34.1 Å². The van der Waals surface area contributed by atoms with E-state index in [1.165, 1.54) is 25.7 Å². The Balaban J connectivity index is 2.11. The van der Waals surface area contributed by atoms with Gasteiger partial charge in [0.05, 0.1) is 11.4 Å². The summed E-state index contributed by atoms with van der Waals surface area (Å²) < 4.78 is 0. The minimum atomic E-state index is -0.0552. The lowest BCUT2D eigenvalue weighted by molar-refractivity contribution is 0.0713. The molecule has 19 heavy (non-hydrogen) atoms. The zero-order valence-electron chi connectivity index (χ0n) is 11.9. The number of hydrogen-bond acceptors (Lipinski definition) is 3. The summed E-state index contributed by atoms with van der Waals surface area (Å²) in [6, 6.07) is 0.330. The van der Waals surface area contributed by atoms with Crippen LogP contribution in [0.25, 0.3) is 0 Å². The van der Waals surface area contributed by atoms with Crippen LogP contribution in [0.15, 0.2) is 0 Å². The molecule has 0 aliphatic heterocycles. The molecule has 5 nitrogen and oxygen atoms in total. The monoisotopic (exact) mass is 264 g/mol. The van der Waals surface area contributed by atoms with Gasteiger partial charge in [-0.25, -0.2) is 0 Å². The van der Waals surface area contributed by atoms with E-state index in [1.807, 2.05) is 18.9 Å². The van der Waals surface area contributed by atoms with Gasteiger partial charge in [-0.05, 0) is 19.3 Å². The van der Waals surface area contributed by atoms with Crippen molar-refractivity contribution in [3.05, 3.63) is 11.4 Å². The van der Waals surface area contributed by atoms with Crippen LogP contribution in [0.5, 0.6) is 0 Å². The lowest BCUT2D eigenvalue weighted by Gasteiger charge is -2.26. The van der Waals surface area contributed by atoms with Crippen LogP contribution in [0.2, 0.25) is 0 Å². The fourth-order valence-corrected chi connectivity index (χ4v) is 2.80. The van der Waals surface area contributed by atoms with Crippen molar-refractivity contribution in [2.24, 2.45) is 0 Å². The Morgan fingerprint density at radius 2 is 2.00 bits per heavy atom. The van der Waals surface area contributed by atoms with Crippen LogP contribution in [0, 0.1) is 0 Å². The number of amides is 1. The Morgan fingerprint density at radius 1 is 1.37 bits per heavy atom. The van der Waals surface area contributed by atoms with Crippen LogP contribution in [0.4, 0.5) is 5.69 Å². The summed E-state index contributed by atoms with van der Waals surface area (Å²) in [5, 5.41) is 6.94. The van der Waals surface area contributed by atoms with E-state index < -0.39 is 0 Å². The highest BCUT2D eigenvalue weighted by molar-refractivity contribution is 5.97. The van der Waals surface area contributed by atoms with E-state index in [-0.39, 0.29) is 5.91 Å². The number of anilines is 1. The van der Waals surface area contributed by atoms with Gasteiger partial charge in [-0.2, -0.15) is 5.10 Å². The Kier molecular flexibility index (Phi) is 4.45. The van der Waals surface area contributed by atoms with E-state index in [9.17, 15) is 4.79 Å². The number of H-pyrrole nitrogens is 1. The Hall–Kier alpha value is -1.52. The van der Waals surface area contributed by atoms with E-state index >= 15 is 0 Å². The van der Waals surface area contributed by atoms with Gasteiger partial charge >= 0.3 is 0 Å². The van der Waals surface area contributed by atoms with E-state index in [1.54, 1.807) is 0 Å². The van der Waals surface area contributed by atoms with Crippen molar-refractivity contribution in [2.75, 3.05) is 12.8 Å². The molecule has 1 amide bonds. The van der Waals surface area contributed by atoms with Crippen molar-refractivity contribution in [1.82, 2.24) is 15.1 Å². The Labute approximate surface area is 114 Å². The third kappa shape index (κ3) is 2.91. The molecule has 5 heteroatoms. The maximum atomic E-state index is 12.5. The molecule has 1 heterocycles. The lowest BCUT2D eigenvalue weighted by Crippen LogP contribution is -2.37. The number of hydrogen-bond donors (Lipinski definition) is 2. The smallest absolute Gasteiger partial charge is 0.276 e. The van der Waals surface area contributed by atoms with E-state index in [2.05, 4.69) is 10.2 Å². The molecular formula is C14H24N4O. The van der Waals surface area contributed by atoms with Gasteiger partial charge in [0.2, 0.25) is 0 Å². The number of nitrogens with zero attached hydrogens (tertiary/aromatic N) is 2. The quantitative estimate of drug-likeness (QED) is 0.823. The number of nitrogens with two attached hydrogens (primary N) is 1. The SMILES string of the molecule is CCc1[nH]nc(C(=O)N(C)C2CCCCCC2)c1N. The summed E-state index contributed by atoms with van der Waals surface area (Å²) in [6.45, 7) is 1.99. The van der Waals surface area contributed by atoms with Crippen LogP contribution in [-0.2, 0) is 6.42 Å². The average Bonchev–Trinajstić information content (AvgIpc) is 2.64. The molecule has 1 aromatic rings. The molecule has 2 rings (SSSR count). The normalized spacial score (nSPS) is 17.2. The van der Waals surface area contributed by atoms with Gasteiger partial charge in [0.1, 0.15) is 0 Å². The summed E-state index contributed by atoms with van der Waals surface area (Å²) in [7, 11) is 1.87. The number of aryl methyl sites for hydroxylation is 1. The van der Waals surface area contributed by atoms with Crippen molar-refractivity contribution in [2.45, 2.75) is 57.9 Å². The molecule has 3 N–H and O–H groups in total. The van der Waals surface area contributed by atoms with Gasteiger partial charge in [0, 0.05) is 13.1 Å². The first-order valence-corrected chi connectivity index (χ1v) is 7.25. The molecule has 0 saturated heterocycles. The molecule has 0 spiro atoms. The summed E-state index contributed by atoms with van der Waals surface area (Å²) in [4.78, 5) is 14.3. The molecule has 0 atom stereocenters. The van der Waals surface area contributed by atoms with Gasteiger partial charge in [-0.1, -0.05) is 32.6 Å². The van der Waals surface area contributed by atoms with E-state index in [4.69, 9.17) is 5.73 Å². The third-order valence-corrected chi connectivity index (χ3v) is 4.13. The first kappa shape index (κ1) is 13.9. The van der Waals surface area contributed by atoms with Crippen molar-refractivity contribution < 1.29 is 4.79 Å². The summed E-state index contributed by atoms with van der Waals surface area (Å²) >= 11 is 0. The van der Waals surface area contributed by atoms with Crippen LogP contribution in [0.1, 0.15) is 61.6 Å². The predicted molar refractivity (Wildman–Crippen MR) is 76.0 cm³/mol. The number of nitrogen functional groups attached to an aromatic ring is 1. The van der Waals surface area contributed by atoms with Crippen molar-refractivity contribution >= 4 is 11.6 Å². The largest absolute Gasteiger partial charge is 0.395 e. The highest BCUT2D eigenvalue weighted by Gasteiger charge is 2.26. The molecule has 1 aromatic heterocycles. The first-order valence-electron chi connectivity index (χ1n) is 7.25. The minimum absolute atomic E-state index is 0.0552. The van der Waals surface area contributed by atoms with Gasteiger partial charge in [-0.15, -0.1) is 0 Å². The third-order valence-electron chi connectivity index (χ3n) is 4.13. The van der Waals surface area contributed by atoms with Crippen molar-refractivity contribution in [3.63, 3.8) is 0 Å². The first-order chi connectivity index (χ1) is 9.15. The maximum Gasteiger partial charge on any atom is 0.276 e. The number of aromatic nitrogens is 2. The summed E-state index contributed by atoms with van der Waals surface area (Å²) in [6.07, 6.45) is 7.92. The van der Waals surface area contributed by atoms with Crippen LogP contribution >= 0.6 is 0 Å². The van der Waals surface area contributed by atoms with Gasteiger partial charge < -0.3 is 10.6 Å². The summed E-state index contributed by atoms with van der Waals surface area (Å²) in [5.41, 5.74) is 7.70. The average molecular weight is 264 g/mol. The number of rotatable bonds is 3. The van der Waals surface area contributed by atoms with Crippen molar-refractivity contribution in [3.8, 4) is 0 Å². The van der Waals surface area contributed by atoms with E-state index in [0.717, 1.165) is 25.0 Å². The molecule has 1 aliphatic rings. The molecule has 1 aliphatic carbocycles. The Bertz CT molecular complexity index is 433. The van der Waals surface area contributed by atoms with Gasteiger partial charge in [-0.3, -0.25) is 9.89 Å². The zero-order valence-corrected chi connectivity index (χ0v) is 11.9. The lowest BCUT2D eigenvalue weighted by atomic mass is 10.1. The van der Waals surface area contributed by atoms with Crippen LogP contribution < -0.4 is 5.73 Å². The zero-order chi connectivity index (χ0) is 13.8. The second-order valence-corrected chi connectivity index (χ2v) is 5.38. The fourth-order valence-electron chi connectivity index (χ4n) is 2.80. The molecule has 0 unspecified atom stereocenters. The van der Waals surface area contributed by atoms with Gasteiger partial charge in [0.25, 0.3) is 5.91 Å². The highest BCUT2D eigenvalue weighted by atomic mass is 16.2. The second-order valence-electron chi connectivity index (χ2n) is 5.38. The number of nitrogens with one attached hydrogen (secondary N) is 1. The topological polar surface area (TPSA) is 75.0 Å². The van der Waals surface area contributed by atoms with E-state index in [0.29, 0.717) is 17.4 Å². The minimum Gasteiger partial charge on any atom is -0.395 e. The molecule has 1 saturated carbocycles. The molecule has 106 valence electrons. The van der Waals surface area contributed by atoms with Gasteiger partial charge in [0.15, 0.2) is 5.69 Å². The fraction of sp³-hybridized carbons (Fsp3) is 0.714. The molecule has 1 fully saturated rings. The second kappa shape index (κ2) is 6.08. The summed E-state index contributed by atoms with van der Waals surface area (Å²) in [5.74, 6) is -0.0552. The molecule has 0 aromatic carbocycles. The predicted octanol–water partition coefficient (Wildman–Crippen LogP) is 2.35. The number of aromatic amines is 1. The maximum absolute atomic E-state index is 12.5. The van der Waals surface area contributed by atoms with Crippen molar-refractivity contribution in [1.29, 1.82) is 0 Å². The molecule has 0 radical (unpaired) electrons. The number of carbonyl (C=O) groups is 1. The highest BCUT2D eigenvalue weighted by Crippen LogP contribution is 2.23.